The molecule has 0 unspecified atom stereocenters. The molecule has 4 heteroatoms. The molecule has 0 amide bonds. The second-order valence-corrected chi connectivity index (χ2v) is 5.74. The quantitative estimate of drug-likeness (QED) is 0.787. The molecule has 2 aromatic carbocycles. The van der Waals surface area contributed by atoms with Gasteiger partial charge in [0, 0.05) is 19.1 Å². The van der Waals surface area contributed by atoms with Crippen molar-refractivity contribution >= 4 is 5.97 Å². The predicted octanol–water partition coefficient (Wildman–Crippen LogP) is 2.77. The molecule has 0 fully saturated rings. The Morgan fingerprint density at radius 2 is 1.39 bits per heavy atom. The van der Waals surface area contributed by atoms with Crippen molar-refractivity contribution in [2.45, 2.75) is 26.1 Å². The van der Waals surface area contributed by atoms with Gasteiger partial charge in [0.05, 0.1) is 12.5 Å². The number of aliphatic hydroxyl groups excluding tert-OH is 1. The van der Waals surface area contributed by atoms with Crippen LogP contribution in [0.4, 0.5) is 0 Å². The number of nitrogens with zero attached hydrogens (tertiary/aromatic N) is 1. The third-order valence-electron chi connectivity index (χ3n) is 4.13. The maximum atomic E-state index is 11.4. The summed E-state index contributed by atoms with van der Waals surface area (Å²) in [6.45, 7) is 2.78. The molecule has 0 bridgehead atoms. The van der Waals surface area contributed by atoms with E-state index in [1.165, 1.54) is 0 Å². The summed E-state index contributed by atoms with van der Waals surface area (Å²) in [5, 5.41) is 18.8. The molecule has 0 spiro atoms. The lowest BCUT2D eigenvalue weighted by Crippen LogP contribution is -2.42. The molecule has 2 atom stereocenters. The standard InChI is InChI=1S/C19H23NO3/c1-15(18(14-21)19(22)23)20(12-16-8-4-2-5-9-16)13-17-10-6-3-7-11-17/h2-11,15,18,21H,12-14H2,1H3,(H,22,23)/t15-,18-/m0/s1. The van der Waals surface area contributed by atoms with E-state index in [0.29, 0.717) is 13.1 Å². The summed E-state index contributed by atoms with van der Waals surface area (Å²) in [4.78, 5) is 13.5. The Bertz CT molecular complexity index is 559. The molecule has 0 aliphatic carbocycles. The van der Waals surface area contributed by atoms with Gasteiger partial charge in [-0.1, -0.05) is 60.7 Å². The highest BCUT2D eigenvalue weighted by atomic mass is 16.4. The van der Waals surface area contributed by atoms with Gasteiger partial charge in [-0.25, -0.2) is 0 Å². The Morgan fingerprint density at radius 1 is 0.957 bits per heavy atom. The lowest BCUT2D eigenvalue weighted by molar-refractivity contribution is -0.146. The van der Waals surface area contributed by atoms with E-state index in [2.05, 4.69) is 4.90 Å². The van der Waals surface area contributed by atoms with Gasteiger partial charge in [-0.3, -0.25) is 9.69 Å². The van der Waals surface area contributed by atoms with E-state index < -0.39 is 11.9 Å². The van der Waals surface area contributed by atoms with Crippen molar-refractivity contribution < 1.29 is 15.0 Å². The zero-order valence-electron chi connectivity index (χ0n) is 13.3. The lowest BCUT2D eigenvalue weighted by atomic mass is 9.99. The molecule has 0 aliphatic rings. The molecule has 0 radical (unpaired) electrons. The van der Waals surface area contributed by atoms with Crippen LogP contribution in [0.5, 0.6) is 0 Å². The zero-order valence-corrected chi connectivity index (χ0v) is 13.3. The van der Waals surface area contributed by atoms with Crippen molar-refractivity contribution in [1.82, 2.24) is 4.90 Å². The highest BCUT2D eigenvalue weighted by molar-refractivity contribution is 5.71. The molecule has 2 aromatic rings. The van der Waals surface area contributed by atoms with E-state index >= 15 is 0 Å². The Kier molecular flexibility index (Phi) is 6.32. The van der Waals surface area contributed by atoms with Gasteiger partial charge in [-0.2, -0.15) is 0 Å². The smallest absolute Gasteiger partial charge is 0.310 e. The first kappa shape index (κ1) is 17.2. The predicted molar refractivity (Wildman–Crippen MR) is 89.8 cm³/mol. The first-order valence-corrected chi connectivity index (χ1v) is 7.77. The third kappa shape index (κ3) is 4.91. The van der Waals surface area contributed by atoms with Gasteiger partial charge in [-0.05, 0) is 18.1 Å². The molecular weight excluding hydrogens is 290 g/mol. The number of carbonyl (C=O) groups is 1. The van der Waals surface area contributed by atoms with Gasteiger partial charge in [0.15, 0.2) is 0 Å². The number of hydrogen-bond donors (Lipinski definition) is 2. The summed E-state index contributed by atoms with van der Waals surface area (Å²) in [5.41, 5.74) is 2.25. The van der Waals surface area contributed by atoms with Crippen LogP contribution < -0.4 is 0 Å². The third-order valence-corrected chi connectivity index (χ3v) is 4.13. The molecule has 122 valence electrons. The van der Waals surface area contributed by atoms with E-state index in [1.54, 1.807) is 0 Å². The molecular formula is C19H23NO3. The van der Waals surface area contributed by atoms with Crippen molar-refractivity contribution in [3.63, 3.8) is 0 Å². The molecule has 2 rings (SSSR count). The number of rotatable bonds is 8. The first-order valence-electron chi connectivity index (χ1n) is 7.77. The minimum atomic E-state index is -0.967. The average Bonchev–Trinajstić information content (AvgIpc) is 2.56. The van der Waals surface area contributed by atoms with Gasteiger partial charge >= 0.3 is 5.97 Å². The fraction of sp³-hybridized carbons (Fsp3) is 0.316. The number of carboxylic acids is 1. The summed E-state index contributed by atoms with van der Waals surface area (Å²) in [7, 11) is 0. The van der Waals surface area contributed by atoms with Crippen LogP contribution in [0.2, 0.25) is 0 Å². The van der Waals surface area contributed by atoms with Crippen LogP contribution >= 0.6 is 0 Å². The SMILES string of the molecule is C[C@@H]([C@H](CO)C(=O)O)N(Cc1ccccc1)Cc1ccccc1. The molecule has 2 N–H and O–H groups in total. The van der Waals surface area contributed by atoms with Crippen molar-refractivity contribution in [1.29, 1.82) is 0 Å². The summed E-state index contributed by atoms with van der Waals surface area (Å²) >= 11 is 0. The Labute approximate surface area is 137 Å². The summed E-state index contributed by atoms with van der Waals surface area (Å²) in [5.74, 6) is -1.77. The van der Waals surface area contributed by atoms with Crippen LogP contribution in [0, 0.1) is 5.92 Å². The number of benzene rings is 2. The Balaban J connectivity index is 2.21. The maximum Gasteiger partial charge on any atom is 0.310 e. The fourth-order valence-electron chi connectivity index (χ4n) is 2.67. The van der Waals surface area contributed by atoms with Crippen molar-refractivity contribution in [3.8, 4) is 0 Å². The largest absolute Gasteiger partial charge is 0.481 e. The Morgan fingerprint density at radius 3 is 1.74 bits per heavy atom. The normalized spacial score (nSPS) is 13.7. The maximum absolute atomic E-state index is 11.4. The topological polar surface area (TPSA) is 60.8 Å². The second-order valence-electron chi connectivity index (χ2n) is 5.74. The van der Waals surface area contributed by atoms with E-state index in [-0.39, 0.29) is 12.6 Å². The molecule has 0 saturated carbocycles. The number of aliphatic hydroxyl groups is 1. The minimum absolute atomic E-state index is 0.280. The molecule has 0 aliphatic heterocycles. The van der Waals surface area contributed by atoms with Crippen LogP contribution in [0.25, 0.3) is 0 Å². The Hall–Kier alpha value is -2.17. The monoisotopic (exact) mass is 313 g/mol. The number of carboxylic acid groups (broad SMARTS) is 1. The van der Waals surface area contributed by atoms with Gasteiger partial charge in [0.1, 0.15) is 0 Å². The summed E-state index contributed by atoms with van der Waals surface area (Å²) in [6.07, 6.45) is 0. The van der Waals surface area contributed by atoms with Crippen molar-refractivity contribution in [3.05, 3.63) is 71.8 Å². The molecule has 23 heavy (non-hydrogen) atoms. The summed E-state index contributed by atoms with van der Waals surface area (Å²) < 4.78 is 0. The van der Waals surface area contributed by atoms with Crippen LogP contribution in [0.15, 0.2) is 60.7 Å². The molecule has 0 aromatic heterocycles. The zero-order chi connectivity index (χ0) is 16.7. The van der Waals surface area contributed by atoms with Gasteiger partial charge in [0.25, 0.3) is 0 Å². The second kappa shape index (κ2) is 8.46. The highest BCUT2D eigenvalue weighted by Gasteiger charge is 2.28. The molecule has 4 nitrogen and oxygen atoms in total. The van der Waals surface area contributed by atoms with E-state index in [9.17, 15) is 15.0 Å². The van der Waals surface area contributed by atoms with E-state index in [4.69, 9.17) is 0 Å². The summed E-state index contributed by atoms with van der Waals surface area (Å²) in [6, 6.07) is 19.6. The van der Waals surface area contributed by atoms with Crippen molar-refractivity contribution in [2.75, 3.05) is 6.61 Å². The van der Waals surface area contributed by atoms with Crippen LogP contribution in [-0.4, -0.2) is 33.7 Å². The van der Waals surface area contributed by atoms with Gasteiger partial charge < -0.3 is 10.2 Å². The van der Waals surface area contributed by atoms with Crippen LogP contribution in [0.1, 0.15) is 18.1 Å². The lowest BCUT2D eigenvalue weighted by Gasteiger charge is -2.32. The van der Waals surface area contributed by atoms with Gasteiger partial charge in [0.2, 0.25) is 0 Å². The first-order chi connectivity index (χ1) is 11.1. The van der Waals surface area contributed by atoms with Crippen LogP contribution in [0.3, 0.4) is 0 Å². The fourth-order valence-corrected chi connectivity index (χ4v) is 2.67. The van der Waals surface area contributed by atoms with E-state index in [0.717, 1.165) is 11.1 Å². The molecule has 0 heterocycles. The minimum Gasteiger partial charge on any atom is -0.481 e. The molecule has 0 saturated heterocycles. The van der Waals surface area contributed by atoms with Crippen LogP contribution in [-0.2, 0) is 17.9 Å². The van der Waals surface area contributed by atoms with E-state index in [1.807, 2.05) is 67.6 Å². The number of aliphatic carboxylic acids is 1. The average molecular weight is 313 g/mol. The number of hydrogen-bond acceptors (Lipinski definition) is 3. The van der Waals surface area contributed by atoms with Gasteiger partial charge in [-0.15, -0.1) is 0 Å². The highest BCUT2D eigenvalue weighted by Crippen LogP contribution is 2.18. The van der Waals surface area contributed by atoms with Crippen molar-refractivity contribution in [2.24, 2.45) is 5.92 Å².